The van der Waals surface area contributed by atoms with Crippen LogP contribution in [0, 0.1) is 46.5 Å². The maximum absolute atomic E-state index is 15.4. The summed E-state index contributed by atoms with van der Waals surface area (Å²) in [5.74, 6) is -25.0. The van der Waals surface area contributed by atoms with Crippen LogP contribution in [0.3, 0.4) is 0 Å². The molecule has 58 heavy (non-hydrogen) atoms. The van der Waals surface area contributed by atoms with Gasteiger partial charge in [-0.15, -0.1) is 25.3 Å². The molecule has 306 valence electrons. The second kappa shape index (κ2) is 17.2. The highest BCUT2D eigenvalue weighted by atomic mass is 32.2. The molecule has 0 saturated carbocycles. The Hall–Kier alpha value is -6.06. The lowest BCUT2D eigenvalue weighted by atomic mass is 10.0. The van der Waals surface area contributed by atoms with Crippen LogP contribution in [-0.4, -0.2) is 51.2 Å². The lowest BCUT2D eigenvalue weighted by Gasteiger charge is -2.17. The SMILES string of the molecule is O=S(=O)(O)c1ccc2c(Oc3c(F)c(F)c(-c4c(F)c(F)c(Oc5cc(S(=O)(=O)O)cc6ccccc56)c(F)c4F)c(F)c3F)cccc2c1.O=S(=O)=O.O=S(=O)=O. The van der Waals surface area contributed by atoms with E-state index in [4.69, 9.17) is 34.7 Å². The summed E-state index contributed by atoms with van der Waals surface area (Å²) < 4.78 is 248. The molecule has 0 aliphatic heterocycles. The molecule has 0 radical (unpaired) electrons. The second-order valence-electron chi connectivity index (χ2n) is 10.8. The number of hydrogen-bond donors (Lipinski definition) is 2. The predicted molar refractivity (Wildman–Crippen MR) is 179 cm³/mol. The first-order valence-corrected chi connectivity index (χ1v) is 19.4. The van der Waals surface area contributed by atoms with Crippen molar-refractivity contribution in [1.82, 2.24) is 0 Å². The topological polar surface area (TPSA) is 230 Å². The molecule has 2 N–H and O–H groups in total. The highest BCUT2D eigenvalue weighted by Gasteiger charge is 2.36. The van der Waals surface area contributed by atoms with Crippen molar-refractivity contribution in [2.75, 3.05) is 0 Å². The second-order valence-corrected chi connectivity index (χ2v) is 14.4. The van der Waals surface area contributed by atoms with E-state index < -0.39 is 132 Å². The van der Waals surface area contributed by atoms with E-state index in [-0.39, 0.29) is 21.5 Å². The molecule has 0 amide bonds. The Bertz CT molecular complexity index is 3030. The number of rotatable bonds is 7. The van der Waals surface area contributed by atoms with E-state index in [1.807, 2.05) is 0 Å². The van der Waals surface area contributed by atoms with Crippen molar-refractivity contribution in [3.8, 4) is 34.1 Å². The normalized spacial score (nSPS) is 11.3. The summed E-state index contributed by atoms with van der Waals surface area (Å²) in [6.45, 7) is 0. The summed E-state index contributed by atoms with van der Waals surface area (Å²) in [6, 6.07) is 13.1. The van der Waals surface area contributed by atoms with E-state index in [1.165, 1.54) is 36.4 Å². The molecule has 0 atom stereocenters. The van der Waals surface area contributed by atoms with Crippen molar-refractivity contribution in [2.24, 2.45) is 0 Å². The molecule has 0 aliphatic rings. The van der Waals surface area contributed by atoms with Gasteiger partial charge in [-0.05, 0) is 41.1 Å². The van der Waals surface area contributed by atoms with Gasteiger partial charge in [0, 0.05) is 16.8 Å². The van der Waals surface area contributed by atoms with E-state index in [0.717, 1.165) is 30.3 Å². The van der Waals surface area contributed by atoms with Crippen LogP contribution in [0.15, 0.2) is 82.6 Å². The van der Waals surface area contributed by atoms with Crippen LogP contribution in [0.2, 0.25) is 0 Å². The zero-order valence-corrected chi connectivity index (χ0v) is 30.6. The standard InChI is InChI=1S/C32H14F8O8S2.2O3S/c33-23-21(24(34)28(38)31(27(23)37)47-19-7-3-5-14-10-15(49(41,42)43)8-9-18(14)19)22-25(35)29(39)32(30(40)26(22)36)48-20-12-16(50(44,45)46)11-13-4-1-2-6-17(13)20;2*1-4(2)3/h1-12H,(H,41,42,43)(H,44,45,46);;. The third-order valence-corrected chi connectivity index (χ3v) is 9.01. The third-order valence-electron chi connectivity index (χ3n) is 7.33. The predicted octanol–water partition coefficient (Wildman–Crippen LogP) is 6.84. The van der Waals surface area contributed by atoms with Gasteiger partial charge in [-0.1, -0.05) is 36.4 Å². The molecule has 0 saturated heterocycles. The summed E-state index contributed by atoms with van der Waals surface area (Å²) in [5.41, 5.74) is -4.45. The maximum Gasteiger partial charge on any atom is 0.425 e. The van der Waals surface area contributed by atoms with Gasteiger partial charge in [0.2, 0.25) is 34.8 Å². The monoisotopic (exact) mass is 902 g/mol. The molecule has 0 heterocycles. The molecule has 26 heteroatoms. The van der Waals surface area contributed by atoms with Crippen molar-refractivity contribution in [3.05, 3.63) is 119 Å². The minimum Gasteiger partial charge on any atom is -0.450 e. The summed E-state index contributed by atoms with van der Waals surface area (Å²) in [6.07, 6.45) is 0. The van der Waals surface area contributed by atoms with Gasteiger partial charge in [0.15, 0.2) is 23.3 Å². The molecule has 0 aliphatic carbocycles. The van der Waals surface area contributed by atoms with Gasteiger partial charge in [0.1, 0.15) is 11.5 Å². The number of benzene rings is 6. The number of hydrogen-bond acceptors (Lipinski definition) is 12. The lowest BCUT2D eigenvalue weighted by molar-refractivity contribution is 0.362. The van der Waals surface area contributed by atoms with Gasteiger partial charge in [-0.3, -0.25) is 9.11 Å². The van der Waals surface area contributed by atoms with Gasteiger partial charge in [-0.25, -0.2) is 17.6 Å². The maximum atomic E-state index is 15.4. The van der Waals surface area contributed by atoms with Crippen molar-refractivity contribution < 1.29 is 95.8 Å². The Morgan fingerprint density at radius 1 is 0.431 bits per heavy atom. The first-order valence-electron chi connectivity index (χ1n) is 14.5. The molecular formula is C32H14F8O14S4. The van der Waals surface area contributed by atoms with Crippen molar-refractivity contribution in [3.63, 3.8) is 0 Å². The number of halogens is 8. The van der Waals surface area contributed by atoms with Crippen LogP contribution in [-0.2, 0) is 41.5 Å². The highest BCUT2D eigenvalue weighted by molar-refractivity contribution is 7.86. The average molecular weight is 903 g/mol. The van der Waals surface area contributed by atoms with Crippen molar-refractivity contribution in [1.29, 1.82) is 0 Å². The first-order chi connectivity index (χ1) is 26.9. The van der Waals surface area contributed by atoms with E-state index in [0.29, 0.717) is 6.07 Å². The van der Waals surface area contributed by atoms with Gasteiger partial charge < -0.3 is 9.47 Å². The van der Waals surface area contributed by atoms with E-state index >= 15 is 35.1 Å². The summed E-state index contributed by atoms with van der Waals surface area (Å²) in [5, 5.41) is -0.147. The molecule has 0 fully saturated rings. The largest absolute Gasteiger partial charge is 0.450 e. The molecular weight excluding hydrogens is 889 g/mol. The van der Waals surface area contributed by atoms with Crippen LogP contribution in [0.25, 0.3) is 32.7 Å². The van der Waals surface area contributed by atoms with Crippen LogP contribution in [0.1, 0.15) is 0 Å². The van der Waals surface area contributed by atoms with E-state index in [9.17, 15) is 25.9 Å². The Balaban J connectivity index is 0.000000852. The van der Waals surface area contributed by atoms with Crippen LogP contribution < -0.4 is 9.47 Å². The molecule has 0 spiro atoms. The molecule has 0 aromatic heterocycles. The van der Waals surface area contributed by atoms with Gasteiger partial charge >= 0.3 is 21.2 Å². The zero-order chi connectivity index (χ0) is 43.6. The summed E-state index contributed by atoms with van der Waals surface area (Å²) in [7, 11) is -15.9. The minimum atomic E-state index is -4.96. The van der Waals surface area contributed by atoms with Gasteiger partial charge in [0.05, 0.1) is 20.9 Å². The minimum absolute atomic E-state index is 0.00566. The average Bonchev–Trinajstić information content (AvgIpc) is 3.13. The Morgan fingerprint density at radius 2 is 0.793 bits per heavy atom. The Morgan fingerprint density at radius 3 is 1.22 bits per heavy atom. The summed E-state index contributed by atoms with van der Waals surface area (Å²) in [4.78, 5) is -1.44. The molecule has 6 rings (SSSR count). The molecule has 6 aromatic carbocycles. The number of ether oxygens (including phenoxy) is 2. The molecule has 0 unspecified atom stereocenters. The highest BCUT2D eigenvalue weighted by Crippen LogP contribution is 2.45. The fraction of sp³-hybridized carbons (Fsp3) is 0. The molecule has 0 bridgehead atoms. The number of fused-ring (bicyclic) bond motifs is 2. The molecule has 6 aromatic rings. The Labute approximate surface area is 321 Å². The fourth-order valence-electron chi connectivity index (χ4n) is 5.03. The van der Waals surface area contributed by atoms with Crippen LogP contribution in [0.4, 0.5) is 35.1 Å². The summed E-state index contributed by atoms with van der Waals surface area (Å²) >= 11 is 0. The van der Waals surface area contributed by atoms with E-state index in [1.54, 1.807) is 0 Å². The van der Waals surface area contributed by atoms with E-state index in [2.05, 4.69) is 0 Å². The first kappa shape index (κ1) is 44.7. The fourth-order valence-corrected chi connectivity index (χ4v) is 6.07. The van der Waals surface area contributed by atoms with Gasteiger partial charge in [0.25, 0.3) is 20.2 Å². The third kappa shape index (κ3) is 9.55. The lowest BCUT2D eigenvalue weighted by Crippen LogP contribution is -2.09. The van der Waals surface area contributed by atoms with Crippen LogP contribution >= 0.6 is 0 Å². The molecule has 14 nitrogen and oxygen atoms in total. The van der Waals surface area contributed by atoms with Crippen LogP contribution in [0.5, 0.6) is 23.0 Å². The van der Waals surface area contributed by atoms with Crippen molar-refractivity contribution in [2.45, 2.75) is 9.79 Å². The van der Waals surface area contributed by atoms with Gasteiger partial charge in [-0.2, -0.15) is 34.4 Å². The zero-order valence-electron chi connectivity index (χ0n) is 27.4. The van der Waals surface area contributed by atoms with Crippen molar-refractivity contribution >= 4 is 63.0 Å². The quantitative estimate of drug-likeness (QED) is 0.0950. The Kier molecular flexibility index (Phi) is 13.2. The smallest absolute Gasteiger partial charge is 0.425 e.